The molecule has 0 spiro atoms. The smallest absolute Gasteiger partial charge is 0.129 e. The molecule has 1 aliphatic heterocycles. The molecule has 1 aromatic heterocycles. The Morgan fingerprint density at radius 2 is 2.21 bits per heavy atom. The SMILES string of the molecule is Cc1nc(CCCO)nc2c1COC2. The lowest BCUT2D eigenvalue weighted by Crippen LogP contribution is -2.04. The summed E-state index contributed by atoms with van der Waals surface area (Å²) in [4.78, 5) is 8.78. The van der Waals surface area contributed by atoms with Crippen molar-refractivity contribution in [3.05, 3.63) is 22.8 Å². The van der Waals surface area contributed by atoms with E-state index in [4.69, 9.17) is 9.84 Å². The van der Waals surface area contributed by atoms with Crippen LogP contribution in [-0.4, -0.2) is 21.7 Å². The Labute approximate surface area is 83.0 Å². The fourth-order valence-corrected chi connectivity index (χ4v) is 1.62. The Kier molecular flexibility index (Phi) is 2.74. The monoisotopic (exact) mass is 194 g/mol. The lowest BCUT2D eigenvalue weighted by Gasteiger charge is -2.04. The third-order valence-corrected chi connectivity index (χ3v) is 2.39. The first-order valence-corrected chi connectivity index (χ1v) is 4.85. The molecule has 0 aromatic carbocycles. The van der Waals surface area contributed by atoms with Gasteiger partial charge >= 0.3 is 0 Å². The van der Waals surface area contributed by atoms with Gasteiger partial charge in [0.2, 0.25) is 0 Å². The number of nitrogens with zero attached hydrogens (tertiary/aromatic N) is 2. The van der Waals surface area contributed by atoms with Crippen molar-refractivity contribution in [1.82, 2.24) is 9.97 Å². The van der Waals surface area contributed by atoms with Gasteiger partial charge in [-0.1, -0.05) is 0 Å². The molecule has 0 atom stereocenters. The average Bonchev–Trinajstić information content (AvgIpc) is 2.63. The van der Waals surface area contributed by atoms with Gasteiger partial charge in [-0.05, 0) is 13.3 Å². The van der Waals surface area contributed by atoms with Crippen LogP contribution in [-0.2, 0) is 24.4 Å². The zero-order chi connectivity index (χ0) is 9.97. The minimum Gasteiger partial charge on any atom is -0.396 e. The van der Waals surface area contributed by atoms with Crippen LogP contribution in [0.25, 0.3) is 0 Å². The maximum absolute atomic E-state index is 8.71. The average molecular weight is 194 g/mol. The van der Waals surface area contributed by atoms with Crippen LogP contribution in [0.5, 0.6) is 0 Å². The van der Waals surface area contributed by atoms with Crippen molar-refractivity contribution in [1.29, 1.82) is 0 Å². The van der Waals surface area contributed by atoms with Crippen molar-refractivity contribution in [3.63, 3.8) is 0 Å². The third-order valence-electron chi connectivity index (χ3n) is 2.39. The summed E-state index contributed by atoms with van der Waals surface area (Å²) in [6.07, 6.45) is 1.46. The number of hydrogen-bond acceptors (Lipinski definition) is 4. The minimum atomic E-state index is 0.190. The van der Waals surface area contributed by atoms with Crippen molar-refractivity contribution in [3.8, 4) is 0 Å². The van der Waals surface area contributed by atoms with Gasteiger partial charge in [0.25, 0.3) is 0 Å². The maximum Gasteiger partial charge on any atom is 0.129 e. The van der Waals surface area contributed by atoms with E-state index in [9.17, 15) is 0 Å². The molecule has 0 saturated heterocycles. The summed E-state index contributed by atoms with van der Waals surface area (Å²) in [5, 5.41) is 8.71. The quantitative estimate of drug-likeness (QED) is 0.771. The second-order valence-electron chi connectivity index (χ2n) is 3.47. The summed E-state index contributed by atoms with van der Waals surface area (Å²) < 4.78 is 5.30. The van der Waals surface area contributed by atoms with Crippen molar-refractivity contribution < 1.29 is 9.84 Å². The summed E-state index contributed by atoms with van der Waals surface area (Å²) >= 11 is 0. The highest BCUT2D eigenvalue weighted by atomic mass is 16.5. The summed E-state index contributed by atoms with van der Waals surface area (Å²) in [6.45, 7) is 3.42. The topological polar surface area (TPSA) is 55.2 Å². The van der Waals surface area contributed by atoms with Gasteiger partial charge in [-0.2, -0.15) is 0 Å². The predicted molar refractivity (Wildman–Crippen MR) is 50.7 cm³/mol. The van der Waals surface area contributed by atoms with Gasteiger partial charge in [0.1, 0.15) is 5.82 Å². The zero-order valence-electron chi connectivity index (χ0n) is 8.29. The molecule has 0 fully saturated rings. The highest BCUT2D eigenvalue weighted by molar-refractivity contribution is 5.26. The second kappa shape index (κ2) is 4.02. The van der Waals surface area contributed by atoms with Crippen LogP contribution in [0.1, 0.15) is 29.2 Å². The summed E-state index contributed by atoms with van der Waals surface area (Å²) in [6, 6.07) is 0. The Balaban J connectivity index is 2.23. The van der Waals surface area contributed by atoms with E-state index in [-0.39, 0.29) is 6.61 Å². The van der Waals surface area contributed by atoms with Crippen LogP contribution in [0.15, 0.2) is 0 Å². The van der Waals surface area contributed by atoms with E-state index < -0.39 is 0 Å². The molecule has 4 nitrogen and oxygen atoms in total. The van der Waals surface area contributed by atoms with E-state index in [0.29, 0.717) is 13.2 Å². The number of hydrogen-bond donors (Lipinski definition) is 1. The van der Waals surface area contributed by atoms with Crippen molar-refractivity contribution in [2.24, 2.45) is 0 Å². The normalized spacial score (nSPS) is 14.4. The molecule has 0 bridgehead atoms. The second-order valence-corrected chi connectivity index (χ2v) is 3.47. The van der Waals surface area contributed by atoms with Gasteiger partial charge in [0, 0.05) is 24.3 Å². The van der Waals surface area contributed by atoms with Crippen LogP contribution in [0.4, 0.5) is 0 Å². The molecule has 4 heteroatoms. The van der Waals surface area contributed by atoms with Gasteiger partial charge in [0.15, 0.2) is 0 Å². The Morgan fingerprint density at radius 3 is 3.00 bits per heavy atom. The summed E-state index contributed by atoms with van der Waals surface area (Å²) in [5.74, 6) is 0.820. The summed E-state index contributed by atoms with van der Waals surface area (Å²) in [7, 11) is 0. The van der Waals surface area contributed by atoms with E-state index in [1.165, 1.54) is 0 Å². The Morgan fingerprint density at radius 1 is 1.36 bits per heavy atom. The fourth-order valence-electron chi connectivity index (χ4n) is 1.62. The van der Waals surface area contributed by atoms with Crippen LogP contribution in [0.3, 0.4) is 0 Å². The van der Waals surface area contributed by atoms with E-state index in [0.717, 1.165) is 35.6 Å². The number of aryl methyl sites for hydroxylation is 2. The van der Waals surface area contributed by atoms with Crippen molar-refractivity contribution in [2.45, 2.75) is 33.0 Å². The zero-order valence-corrected chi connectivity index (χ0v) is 8.29. The molecule has 1 N–H and O–H groups in total. The lowest BCUT2D eigenvalue weighted by molar-refractivity contribution is 0.133. The molecule has 2 heterocycles. The standard InChI is InChI=1S/C10H14N2O2/c1-7-8-5-14-6-9(8)12-10(11-7)3-2-4-13/h13H,2-6H2,1H3. The van der Waals surface area contributed by atoms with Crippen LogP contribution in [0, 0.1) is 6.92 Å². The van der Waals surface area contributed by atoms with Gasteiger partial charge in [-0.3, -0.25) is 0 Å². The molecule has 76 valence electrons. The van der Waals surface area contributed by atoms with Crippen molar-refractivity contribution >= 4 is 0 Å². The molecule has 0 aliphatic carbocycles. The maximum atomic E-state index is 8.71. The molecule has 1 aromatic rings. The summed E-state index contributed by atoms with van der Waals surface area (Å²) in [5.41, 5.74) is 3.17. The molecular formula is C10H14N2O2. The first-order chi connectivity index (χ1) is 6.81. The van der Waals surface area contributed by atoms with Gasteiger partial charge in [-0.15, -0.1) is 0 Å². The number of ether oxygens (including phenoxy) is 1. The van der Waals surface area contributed by atoms with Crippen molar-refractivity contribution in [2.75, 3.05) is 6.61 Å². The molecule has 0 saturated carbocycles. The third kappa shape index (κ3) is 1.76. The Bertz CT molecular complexity index is 339. The first kappa shape index (κ1) is 9.55. The number of aliphatic hydroxyl groups excluding tert-OH is 1. The first-order valence-electron chi connectivity index (χ1n) is 4.85. The van der Waals surface area contributed by atoms with E-state index in [1.54, 1.807) is 0 Å². The minimum absolute atomic E-state index is 0.190. The molecule has 0 unspecified atom stereocenters. The molecule has 1 aliphatic rings. The number of fused-ring (bicyclic) bond motifs is 1. The van der Waals surface area contributed by atoms with Gasteiger partial charge < -0.3 is 9.84 Å². The highest BCUT2D eigenvalue weighted by Gasteiger charge is 2.17. The molecular weight excluding hydrogens is 180 g/mol. The molecule has 2 rings (SSSR count). The number of rotatable bonds is 3. The van der Waals surface area contributed by atoms with E-state index in [1.807, 2.05) is 6.92 Å². The molecule has 0 amide bonds. The molecule has 14 heavy (non-hydrogen) atoms. The van der Waals surface area contributed by atoms with Crippen LogP contribution >= 0.6 is 0 Å². The fraction of sp³-hybridized carbons (Fsp3) is 0.600. The van der Waals surface area contributed by atoms with E-state index in [2.05, 4.69) is 9.97 Å². The van der Waals surface area contributed by atoms with Crippen LogP contribution in [0.2, 0.25) is 0 Å². The Hall–Kier alpha value is -1.00. The van der Waals surface area contributed by atoms with Gasteiger partial charge in [-0.25, -0.2) is 9.97 Å². The number of aromatic nitrogens is 2. The number of aliphatic hydroxyl groups is 1. The highest BCUT2D eigenvalue weighted by Crippen LogP contribution is 2.20. The molecule has 0 radical (unpaired) electrons. The van der Waals surface area contributed by atoms with Gasteiger partial charge in [0.05, 0.1) is 18.9 Å². The predicted octanol–water partition coefficient (Wildman–Crippen LogP) is 0.740. The van der Waals surface area contributed by atoms with Crippen LogP contribution < -0.4 is 0 Å². The largest absolute Gasteiger partial charge is 0.396 e. The lowest BCUT2D eigenvalue weighted by atomic mass is 10.2. The van der Waals surface area contributed by atoms with E-state index >= 15 is 0 Å².